The van der Waals surface area contributed by atoms with Gasteiger partial charge in [-0.05, 0) is 44.7 Å². The molecule has 0 atom stereocenters. The molecule has 1 saturated carbocycles. The van der Waals surface area contributed by atoms with Gasteiger partial charge >= 0.3 is 0 Å². The van der Waals surface area contributed by atoms with Gasteiger partial charge in [0.05, 0.1) is 0 Å². The molecule has 0 aliphatic heterocycles. The van der Waals surface area contributed by atoms with Gasteiger partial charge in [-0.3, -0.25) is 9.59 Å². The standard InChI is InChI=1S/C18H20N2O2/c1-12-10-16(21)17(13(2)20(12)11-14-8-9-14)18(22)19-15-6-4-3-5-7-15/h3-7,10,14H,8-9,11H2,1-2H3,(H,19,22). The lowest BCUT2D eigenvalue weighted by atomic mass is 10.1. The molecule has 1 heterocycles. The highest BCUT2D eigenvalue weighted by molar-refractivity contribution is 6.04. The molecule has 0 unspecified atom stereocenters. The number of hydrogen-bond acceptors (Lipinski definition) is 2. The second-order valence-electron chi connectivity index (χ2n) is 5.98. The van der Waals surface area contributed by atoms with Crippen molar-refractivity contribution in [3.8, 4) is 0 Å². The van der Waals surface area contributed by atoms with Crippen LogP contribution in [0, 0.1) is 19.8 Å². The van der Waals surface area contributed by atoms with Crippen LogP contribution in [-0.4, -0.2) is 10.5 Å². The van der Waals surface area contributed by atoms with Gasteiger partial charge in [0, 0.05) is 29.7 Å². The zero-order valence-electron chi connectivity index (χ0n) is 12.9. The maximum absolute atomic E-state index is 12.5. The number of rotatable bonds is 4. The first-order valence-electron chi connectivity index (χ1n) is 7.63. The van der Waals surface area contributed by atoms with Crippen molar-refractivity contribution in [1.82, 2.24) is 4.57 Å². The van der Waals surface area contributed by atoms with Crippen molar-refractivity contribution >= 4 is 11.6 Å². The Morgan fingerprint density at radius 2 is 1.91 bits per heavy atom. The molecule has 1 amide bonds. The van der Waals surface area contributed by atoms with Gasteiger partial charge in [-0.2, -0.15) is 0 Å². The van der Waals surface area contributed by atoms with Crippen molar-refractivity contribution < 1.29 is 4.79 Å². The van der Waals surface area contributed by atoms with Gasteiger partial charge in [0.25, 0.3) is 5.91 Å². The number of pyridine rings is 1. The number of amides is 1. The molecule has 1 aliphatic rings. The van der Waals surface area contributed by atoms with Crippen molar-refractivity contribution in [3.05, 3.63) is 63.6 Å². The molecular weight excluding hydrogens is 276 g/mol. The molecule has 1 aromatic heterocycles. The highest BCUT2D eigenvalue weighted by Gasteiger charge is 2.24. The summed E-state index contributed by atoms with van der Waals surface area (Å²) in [6.07, 6.45) is 2.47. The van der Waals surface area contributed by atoms with Crippen LogP contribution in [0.5, 0.6) is 0 Å². The van der Waals surface area contributed by atoms with Crippen LogP contribution in [0.3, 0.4) is 0 Å². The normalized spacial score (nSPS) is 13.9. The van der Waals surface area contributed by atoms with Gasteiger partial charge < -0.3 is 9.88 Å². The highest BCUT2D eigenvalue weighted by Crippen LogP contribution is 2.31. The molecule has 1 aliphatic carbocycles. The van der Waals surface area contributed by atoms with Crippen molar-refractivity contribution in [2.75, 3.05) is 5.32 Å². The Labute approximate surface area is 129 Å². The Bertz CT molecular complexity index is 759. The minimum absolute atomic E-state index is 0.213. The van der Waals surface area contributed by atoms with Crippen LogP contribution in [0.4, 0.5) is 5.69 Å². The number of hydrogen-bond donors (Lipinski definition) is 1. The summed E-state index contributed by atoms with van der Waals surface area (Å²) in [5, 5.41) is 2.80. The van der Waals surface area contributed by atoms with Crippen molar-refractivity contribution in [2.45, 2.75) is 33.2 Å². The number of nitrogens with zero attached hydrogens (tertiary/aromatic N) is 1. The molecule has 0 bridgehead atoms. The first-order chi connectivity index (χ1) is 10.6. The highest BCUT2D eigenvalue weighted by atomic mass is 16.2. The average molecular weight is 296 g/mol. The van der Waals surface area contributed by atoms with Gasteiger partial charge in [0.15, 0.2) is 5.43 Å². The van der Waals surface area contributed by atoms with Gasteiger partial charge in [-0.25, -0.2) is 0 Å². The van der Waals surface area contributed by atoms with Crippen LogP contribution in [0.1, 0.15) is 34.6 Å². The van der Waals surface area contributed by atoms with Crippen LogP contribution in [-0.2, 0) is 6.54 Å². The third-order valence-corrected chi connectivity index (χ3v) is 4.18. The van der Waals surface area contributed by atoms with E-state index < -0.39 is 0 Å². The van der Waals surface area contributed by atoms with Crippen molar-refractivity contribution in [3.63, 3.8) is 0 Å². The topological polar surface area (TPSA) is 51.1 Å². The number of aromatic nitrogens is 1. The van der Waals surface area contributed by atoms with E-state index in [9.17, 15) is 9.59 Å². The van der Waals surface area contributed by atoms with Gasteiger partial charge in [0.1, 0.15) is 5.56 Å². The SMILES string of the molecule is Cc1cc(=O)c(C(=O)Nc2ccccc2)c(C)n1CC1CC1. The first kappa shape index (κ1) is 14.6. The lowest BCUT2D eigenvalue weighted by Crippen LogP contribution is -2.27. The lowest BCUT2D eigenvalue weighted by Gasteiger charge is -2.17. The van der Waals surface area contributed by atoms with E-state index in [1.165, 1.54) is 12.8 Å². The number of aryl methyl sites for hydroxylation is 1. The van der Waals surface area contributed by atoms with E-state index in [0.717, 1.165) is 17.9 Å². The van der Waals surface area contributed by atoms with E-state index >= 15 is 0 Å². The number of nitrogens with one attached hydrogen (secondary N) is 1. The monoisotopic (exact) mass is 296 g/mol. The molecule has 1 aromatic carbocycles. The molecule has 4 nitrogen and oxygen atoms in total. The molecule has 1 N–H and O–H groups in total. The molecule has 2 aromatic rings. The van der Waals surface area contributed by atoms with Crippen LogP contribution < -0.4 is 10.7 Å². The number of anilines is 1. The lowest BCUT2D eigenvalue weighted by molar-refractivity contribution is 0.102. The van der Waals surface area contributed by atoms with E-state index in [0.29, 0.717) is 11.6 Å². The zero-order chi connectivity index (χ0) is 15.7. The van der Waals surface area contributed by atoms with Crippen molar-refractivity contribution in [1.29, 1.82) is 0 Å². The number of carbonyl (C=O) groups is 1. The minimum Gasteiger partial charge on any atom is -0.348 e. The summed E-state index contributed by atoms with van der Waals surface area (Å²) in [5.74, 6) is 0.350. The molecular formula is C18H20N2O2. The third kappa shape index (κ3) is 2.96. The quantitative estimate of drug-likeness (QED) is 0.942. The molecule has 0 saturated heterocycles. The summed E-state index contributed by atoms with van der Waals surface area (Å²) >= 11 is 0. The molecule has 4 heteroatoms. The van der Waals surface area contributed by atoms with Crippen LogP contribution >= 0.6 is 0 Å². The molecule has 114 valence electrons. The van der Waals surface area contributed by atoms with E-state index in [4.69, 9.17) is 0 Å². The number of carbonyl (C=O) groups excluding carboxylic acids is 1. The first-order valence-corrected chi connectivity index (χ1v) is 7.63. The maximum Gasteiger partial charge on any atom is 0.261 e. The predicted molar refractivity (Wildman–Crippen MR) is 87.3 cm³/mol. The fourth-order valence-corrected chi connectivity index (χ4v) is 2.75. The molecule has 0 radical (unpaired) electrons. The second kappa shape index (κ2) is 5.79. The summed E-state index contributed by atoms with van der Waals surface area (Å²) < 4.78 is 2.10. The summed E-state index contributed by atoms with van der Waals surface area (Å²) in [4.78, 5) is 24.8. The summed E-state index contributed by atoms with van der Waals surface area (Å²) in [6.45, 7) is 4.68. The summed E-state index contributed by atoms with van der Waals surface area (Å²) in [7, 11) is 0. The van der Waals surface area contributed by atoms with E-state index in [2.05, 4.69) is 9.88 Å². The Hall–Kier alpha value is -2.36. The van der Waals surface area contributed by atoms with Gasteiger partial charge in [-0.15, -0.1) is 0 Å². The zero-order valence-corrected chi connectivity index (χ0v) is 12.9. The van der Waals surface area contributed by atoms with Crippen LogP contribution in [0.25, 0.3) is 0 Å². The predicted octanol–water partition coefficient (Wildman–Crippen LogP) is 3.13. The van der Waals surface area contributed by atoms with E-state index in [-0.39, 0.29) is 16.9 Å². The Balaban J connectivity index is 1.95. The summed E-state index contributed by atoms with van der Waals surface area (Å²) in [5.41, 5.74) is 2.40. The largest absolute Gasteiger partial charge is 0.348 e. The molecule has 1 fully saturated rings. The van der Waals surface area contributed by atoms with Crippen LogP contribution in [0.2, 0.25) is 0 Å². The molecule has 22 heavy (non-hydrogen) atoms. The molecule has 3 rings (SSSR count). The second-order valence-corrected chi connectivity index (χ2v) is 5.98. The summed E-state index contributed by atoms with van der Waals surface area (Å²) in [6, 6.07) is 10.8. The maximum atomic E-state index is 12.5. The van der Waals surface area contributed by atoms with Crippen LogP contribution in [0.15, 0.2) is 41.2 Å². The van der Waals surface area contributed by atoms with Gasteiger partial charge in [-0.1, -0.05) is 18.2 Å². The average Bonchev–Trinajstić information content (AvgIpc) is 3.28. The fraction of sp³-hybridized carbons (Fsp3) is 0.333. The van der Waals surface area contributed by atoms with Gasteiger partial charge in [0.2, 0.25) is 0 Å². The van der Waals surface area contributed by atoms with E-state index in [1.54, 1.807) is 6.07 Å². The van der Waals surface area contributed by atoms with Crippen molar-refractivity contribution in [2.24, 2.45) is 5.92 Å². The fourth-order valence-electron chi connectivity index (χ4n) is 2.75. The van der Waals surface area contributed by atoms with E-state index in [1.807, 2.05) is 44.2 Å². The molecule has 0 spiro atoms. The number of para-hydroxylation sites is 1. The Morgan fingerprint density at radius 1 is 1.23 bits per heavy atom. The third-order valence-electron chi connectivity index (χ3n) is 4.18. The minimum atomic E-state index is -0.335. The Kier molecular flexibility index (Phi) is 3.84. The smallest absolute Gasteiger partial charge is 0.261 e. The Morgan fingerprint density at radius 3 is 2.55 bits per heavy atom. The number of benzene rings is 1.